The molecule has 0 saturated heterocycles. The van der Waals surface area contributed by atoms with Gasteiger partial charge in [-0.3, -0.25) is 4.79 Å². The molecule has 9 heteroatoms. The molecule has 1 aliphatic heterocycles. The van der Waals surface area contributed by atoms with Gasteiger partial charge in [0.15, 0.2) is 0 Å². The predicted octanol–water partition coefficient (Wildman–Crippen LogP) is 4.42. The molecule has 3 rings (SSSR count). The fourth-order valence-corrected chi connectivity index (χ4v) is 3.46. The van der Waals surface area contributed by atoms with Crippen LogP contribution in [0.3, 0.4) is 0 Å². The van der Waals surface area contributed by atoms with Crippen LogP contribution in [-0.4, -0.2) is 23.7 Å². The Morgan fingerprint density at radius 3 is 2.32 bits per heavy atom. The van der Waals surface area contributed by atoms with E-state index in [-0.39, 0.29) is 22.2 Å². The normalized spacial score (nSPS) is 21.0. The summed E-state index contributed by atoms with van der Waals surface area (Å²) in [5.74, 6) is -0.562. The van der Waals surface area contributed by atoms with Crippen molar-refractivity contribution in [2.75, 3.05) is 11.4 Å². The van der Waals surface area contributed by atoms with Crippen LogP contribution in [0.5, 0.6) is 0 Å². The number of pyridine rings is 1. The number of halogens is 6. The molecule has 1 N–H and O–H groups in total. The fraction of sp³-hybridized carbons (Fsp3) is 0.438. The lowest BCUT2D eigenvalue weighted by molar-refractivity contribution is -0.136. The van der Waals surface area contributed by atoms with Crippen LogP contribution >= 0.6 is 0 Å². The maximum absolute atomic E-state index is 13.4. The number of nitrogens with one attached hydrogen (secondary N) is 1. The molecule has 25 heavy (non-hydrogen) atoms. The number of H-pyrrole nitrogens is 1. The van der Waals surface area contributed by atoms with Crippen molar-refractivity contribution in [3.05, 3.63) is 39.7 Å². The highest BCUT2D eigenvalue weighted by molar-refractivity contribution is 5.93. The Hall–Kier alpha value is -2.19. The van der Waals surface area contributed by atoms with Crippen LogP contribution in [0.4, 0.5) is 32.0 Å². The van der Waals surface area contributed by atoms with Crippen molar-refractivity contribution in [2.24, 2.45) is 0 Å². The SMILES string of the molecule is CC1c2c(ccc3[nH]c(=O)cc(C(F)(F)F)c23)N(CC(F)(F)F)C1C. The summed E-state index contributed by atoms with van der Waals surface area (Å²) in [5.41, 5.74) is -1.78. The second kappa shape index (κ2) is 5.40. The van der Waals surface area contributed by atoms with Gasteiger partial charge in [-0.15, -0.1) is 0 Å². The predicted molar refractivity (Wildman–Crippen MR) is 80.8 cm³/mol. The van der Waals surface area contributed by atoms with Crippen molar-refractivity contribution in [3.8, 4) is 0 Å². The molecule has 2 heterocycles. The smallest absolute Gasteiger partial charge is 0.359 e. The van der Waals surface area contributed by atoms with E-state index in [1.54, 1.807) is 13.8 Å². The van der Waals surface area contributed by atoms with E-state index in [1.165, 1.54) is 12.1 Å². The molecule has 2 atom stereocenters. The number of anilines is 1. The Balaban J connectivity index is 2.33. The van der Waals surface area contributed by atoms with Crippen molar-refractivity contribution in [3.63, 3.8) is 0 Å². The highest BCUT2D eigenvalue weighted by Crippen LogP contribution is 2.47. The van der Waals surface area contributed by atoms with Gasteiger partial charge in [0.1, 0.15) is 6.54 Å². The number of aromatic nitrogens is 1. The van der Waals surface area contributed by atoms with Gasteiger partial charge in [-0.05, 0) is 24.6 Å². The van der Waals surface area contributed by atoms with E-state index in [0.29, 0.717) is 6.07 Å². The zero-order chi connectivity index (χ0) is 18.7. The van der Waals surface area contributed by atoms with E-state index >= 15 is 0 Å². The van der Waals surface area contributed by atoms with Gasteiger partial charge in [-0.2, -0.15) is 26.3 Å². The molecule has 0 fully saturated rings. The molecular formula is C16H14F6N2O. The molecule has 1 aromatic heterocycles. The zero-order valence-corrected chi connectivity index (χ0v) is 13.2. The molecule has 3 nitrogen and oxygen atoms in total. The molecule has 136 valence electrons. The summed E-state index contributed by atoms with van der Waals surface area (Å²) in [6.07, 6.45) is -9.27. The first-order valence-electron chi connectivity index (χ1n) is 7.50. The molecule has 0 radical (unpaired) electrons. The Kier molecular flexibility index (Phi) is 3.81. The number of nitrogens with zero attached hydrogens (tertiary/aromatic N) is 1. The Labute approximate surface area is 138 Å². The van der Waals surface area contributed by atoms with Gasteiger partial charge in [-0.25, -0.2) is 0 Å². The number of hydrogen-bond acceptors (Lipinski definition) is 2. The number of benzene rings is 1. The topological polar surface area (TPSA) is 36.1 Å². The monoisotopic (exact) mass is 364 g/mol. The summed E-state index contributed by atoms with van der Waals surface area (Å²) in [5, 5.41) is -0.242. The molecule has 0 amide bonds. The summed E-state index contributed by atoms with van der Waals surface area (Å²) >= 11 is 0. The van der Waals surface area contributed by atoms with Crippen LogP contribution in [0, 0.1) is 0 Å². The van der Waals surface area contributed by atoms with Crippen molar-refractivity contribution < 1.29 is 26.3 Å². The Morgan fingerprint density at radius 1 is 1.12 bits per heavy atom. The summed E-state index contributed by atoms with van der Waals surface area (Å²) in [7, 11) is 0. The van der Waals surface area contributed by atoms with Crippen molar-refractivity contribution in [1.82, 2.24) is 4.98 Å². The van der Waals surface area contributed by atoms with E-state index in [9.17, 15) is 31.1 Å². The number of alkyl halides is 6. The Morgan fingerprint density at radius 2 is 1.76 bits per heavy atom. The average molecular weight is 364 g/mol. The van der Waals surface area contributed by atoms with Gasteiger partial charge < -0.3 is 9.88 Å². The summed E-state index contributed by atoms with van der Waals surface area (Å²) in [6, 6.07) is 2.38. The van der Waals surface area contributed by atoms with Crippen LogP contribution in [0.15, 0.2) is 23.0 Å². The number of aromatic amines is 1. The van der Waals surface area contributed by atoms with Crippen LogP contribution in [0.25, 0.3) is 10.9 Å². The molecule has 1 aromatic carbocycles. The summed E-state index contributed by atoms with van der Waals surface area (Å²) in [4.78, 5) is 14.9. The number of rotatable bonds is 1. The van der Waals surface area contributed by atoms with Gasteiger partial charge in [0.25, 0.3) is 0 Å². The highest BCUT2D eigenvalue weighted by atomic mass is 19.4. The van der Waals surface area contributed by atoms with Crippen LogP contribution in [0.2, 0.25) is 0 Å². The van der Waals surface area contributed by atoms with Crippen LogP contribution in [0.1, 0.15) is 30.9 Å². The van der Waals surface area contributed by atoms with Crippen LogP contribution in [-0.2, 0) is 6.18 Å². The number of fused-ring (bicyclic) bond motifs is 3. The minimum atomic E-state index is -4.79. The fourth-order valence-electron chi connectivity index (χ4n) is 3.46. The van der Waals surface area contributed by atoms with Gasteiger partial charge in [0.05, 0.1) is 5.56 Å². The average Bonchev–Trinajstić information content (AvgIpc) is 2.69. The van der Waals surface area contributed by atoms with Crippen molar-refractivity contribution in [2.45, 2.75) is 38.2 Å². The van der Waals surface area contributed by atoms with Crippen molar-refractivity contribution in [1.29, 1.82) is 0 Å². The third-order valence-corrected chi connectivity index (χ3v) is 4.66. The minimum absolute atomic E-state index is 0.0357. The first-order valence-corrected chi connectivity index (χ1v) is 7.50. The minimum Gasteiger partial charge on any atom is -0.359 e. The first kappa shape index (κ1) is 17.6. The first-order chi connectivity index (χ1) is 11.4. The maximum Gasteiger partial charge on any atom is 0.417 e. The second-order valence-corrected chi connectivity index (χ2v) is 6.24. The maximum atomic E-state index is 13.4. The van der Waals surface area contributed by atoms with E-state index in [4.69, 9.17) is 0 Å². The largest absolute Gasteiger partial charge is 0.417 e. The molecule has 1 aliphatic rings. The third-order valence-electron chi connectivity index (χ3n) is 4.66. The van der Waals surface area contributed by atoms with Gasteiger partial charge in [-0.1, -0.05) is 6.92 Å². The van der Waals surface area contributed by atoms with Gasteiger partial charge >= 0.3 is 12.4 Å². The molecule has 0 saturated carbocycles. The standard InChI is InChI=1S/C16H14F6N2O/c1-7-8(2)24(6-15(17,18)19)11-4-3-10-14(13(7)11)9(16(20,21)22)5-12(25)23-10/h3-5,7-8H,6H2,1-2H3,(H,23,25). The summed E-state index contributed by atoms with van der Waals surface area (Å²) < 4.78 is 78.8. The molecule has 0 bridgehead atoms. The lowest BCUT2D eigenvalue weighted by atomic mass is 9.92. The van der Waals surface area contributed by atoms with E-state index in [0.717, 1.165) is 4.90 Å². The van der Waals surface area contributed by atoms with Crippen LogP contribution < -0.4 is 10.5 Å². The zero-order valence-electron chi connectivity index (χ0n) is 13.2. The van der Waals surface area contributed by atoms with Gasteiger partial charge in [0, 0.05) is 34.6 Å². The number of hydrogen-bond donors (Lipinski definition) is 1. The second-order valence-electron chi connectivity index (χ2n) is 6.24. The van der Waals surface area contributed by atoms with E-state index in [2.05, 4.69) is 4.98 Å². The molecule has 0 aliphatic carbocycles. The molecule has 2 aromatic rings. The summed E-state index contributed by atoms with van der Waals surface area (Å²) in [6.45, 7) is 1.88. The Bertz CT molecular complexity index is 883. The lowest BCUT2D eigenvalue weighted by Gasteiger charge is -2.27. The van der Waals surface area contributed by atoms with E-state index in [1.807, 2.05) is 0 Å². The quantitative estimate of drug-likeness (QED) is 0.761. The van der Waals surface area contributed by atoms with Crippen molar-refractivity contribution >= 4 is 16.6 Å². The molecule has 2 unspecified atom stereocenters. The van der Waals surface area contributed by atoms with Gasteiger partial charge in [0.2, 0.25) is 5.56 Å². The highest BCUT2D eigenvalue weighted by Gasteiger charge is 2.43. The third kappa shape index (κ3) is 2.96. The van der Waals surface area contributed by atoms with E-state index < -0.39 is 42.0 Å². The molecule has 0 spiro atoms. The molecular weight excluding hydrogens is 350 g/mol. The lowest BCUT2D eigenvalue weighted by Crippen LogP contribution is -2.38.